The fourth-order valence-corrected chi connectivity index (χ4v) is 2.88. The van der Waals surface area contributed by atoms with Crippen LogP contribution in [0.25, 0.3) is 0 Å². The average molecular weight is 247 g/mol. The predicted octanol–water partition coefficient (Wildman–Crippen LogP) is 3.26. The van der Waals surface area contributed by atoms with Crippen LogP contribution >= 0.6 is 0 Å². The topological polar surface area (TPSA) is 42.1 Å². The quantitative estimate of drug-likeness (QED) is 0.888. The van der Waals surface area contributed by atoms with Crippen molar-refractivity contribution in [3.8, 4) is 0 Å². The van der Waals surface area contributed by atoms with Crippen LogP contribution in [0.1, 0.15) is 57.7 Å². The van der Waals surface area contributed by atoms with Gasteiger partial charge in [0.2, 0.25) is 0 Å². The molecule has 1 saturated carbocycles. The van der Waals surface area contributed by atoms with Gasteiger partial charge in [-0.25, -0.2) is 0 Å². The third-order valence-electron chi connectivity index (χ3n) is 3.93. The van der Waals surface area contributed by atoms with Gasteiger partial charge in [0.25, 0.3) is 0 Å². The van der Waals surface area contributed by atoms with Gasteiger partial charge in [0.05, 0.1) is 17.6 Å². The van der Waals surface area contributed by atoms with Crippen LogP contribution in [0.4, 0.5) is 5.69 Å². The fraction of sp³-hybridized carbons (Fsp3) is 0.667. The Labute approximate surface area is 110 Å². The van der Waals surface area contributed by atoms with Crippen molar-refractivity contribution in [1.29, 1.82) is 0 Å². The Balaban J connectivity index is 2.11. The average Bonchev–Trinajstić information content (AvgIpc) is 2.41. The van der Waals surface area contributed by atoms with Gasteiger partial charge in [0, 0.05) is 18.6 Å². The zero-order chi connectivity index (χ0) is 13.0. The third kappa shape index (κ3) is 3.02. The van der Waals surface area contributed by atoms with Crippen LogP contribution in [0.15, 0.2) is 18.3 Å². The molecule has 0 amide bonds. The van der Waals surface area contributed by atoms with Crippen LogP contribution in [0.5, 0.6) is 0 Å². The largest absolute Gasteiger partial charge is 0.368 e. The maximum Gasteiger partial charge on any atom is 0.0569 e. The van der Waals surface area contributed by atoms with Gasteiger partial charge in [-0.2, -0.15) is 0 Å². The summed E-state index contributed by atoms with van der Waals surface area (Å²) in [4.78, 5) is 6.97. The molecule has 1 atom stereocenters. The molecule has 3 heteroatoms. The highest BCUT2D eigenvalue weighted by atomic mass is 15.2. The van der Waals surface area contributed by atoms with Crippen molar-refractivity contribution in [3.63, 3.8) is 0 Å². The highest BCUT2D eigenvalue weighted by molar-refractivity contribution is 5.46. The maximum atomic E-state index is 5.84. The highest BCUT2D eigenvalue weighted by Crippen LogP contribution is 2.27. The van der Waals surface area contributed by atoms with E-state index < -0.39 is 0 Å². The summed E-state index contributed by atoms with van der Waals surface area (Å²) in [6, 6.07) is 4.95. The minimum atomic E-state index is 0.0174. The standard InChI is InChI=1S/C15H25N3/c1-3-18(13-7-5-4-6-8-13)14-9-10-15(12(2)16)17-11-14/h9-13H,3-8,16H2,1-2H3/t12-/m1/s1. The Morgan fingerprint density at radius 3 is 2.56 bits per heavy atom. The zero-order valence-electron chi connectivity index (χ0n) is 11.6. The minimum absolute atomic E-state index is 0.0174. The predicted molar refractivity (Wildman–Crippen MR) is 76.7 cm³/mol. The Hall–Kier alpha value is -1.09. The summed E-state index contributed by atoms with van der Waals surface area (Å²) in [6.45, 7) is 5.26. The first kappa shape index (κ1) is 13.3. The summed E-state index contributed by atoms with van der Waals surface area (Å²) in [5, 5.41) is 0. The van der Waals surface area contributed by atoms with E-state index in [9.17, 15) is 0 Å². The summed E-state index contributed by atoms with van der Waals surface area (Å²) in [6.07, 6.45) is 8.76. The van der Waals surface area contributed by atoms with Crippen LogP contribution < -0.4 is 10.6 Å². The molecule has 100 valence electrons. The van der Waals surface area contributed by atoms with E-state index in [-0.39, 0.29) is 6.04 Å². The molecule has 0 saturated heterocycles. The van der Waals surface area contributed by atoms with E-state index >= 15 is 0 Å². The number of aromatic nitrogens is 1. The normalized spacial score (nSPS) is 18.6. The SMILES string of the molecule is CCN(c1ccc([C@@H](C)N)nc1)C1CCCCC1. The van der Waals surface area contributed by atoms with Gasteiger partial charge in [-0.15, -0.1) is 0 Å². The first-order chi connectivity index (χ1) is 8.72. The highest BCUT2D eigenvalue weighted by Gasteiger charge is 2.20. The molecule has 18 heavy (non-hydrogen) atoms. The van der Waals surface area contributed by atoms with Gasteiger partial charge >= 0.3 is 0 Å². The van der Waals surface area contributed by atoms with Gasteiger partial charge in [-0.1, -0.05) is 19.3 Å². The first-order valence-corrected chi connectivity index (χ1v) is 7.20. The molecular formula is C15H25N3. The maximum absolute atomic E-state index is 5.84. The monoisotopic (exact) mass is 247 g/mol. The summed E-state index contributed by atoms with van der Waals surface area (Å²) in [5.74, 6) is 0. The molecule has 1 fully saturated rings. The van der Waals surface area contributed by atoms with Gasteiger partial charge < -0.3 is 10.6 Å². The smallest absolute Gasteiger partial charge is 0.0569 e. The first-order valence-electron chi connectivity index (χ1n) is 7.20. The molecule has 0 radical (unpaired) electrons. The van der Waals surface area contributed by atoms with Gasteiger partial charge in [-0.3, -0.25) is 4.98 Å². The van der Waals surface area contributed by atoms with E-state index in [1.807, 2.05) is 13.1 Å². The minimum Gasteiger partial charge on any atom is -0.368 e. The molecule has 1 aromatic rings. The zero-order valence-corrected chi connectivity index (χ0v) is 11.6. The van der Waals surface area contributed by atoms with Crippen LogP contribution in [-0.4, -0.2) is 17.6 Å². The van der Waals surface area contributed by atoms with Crippen molar-refractivity contribution in [2.45, 2.75) is 58.0 Å². The Morgan fingerprint density at radius 2 is 2.06 bits per heavy atom. The van der Waals surface area contributed by atoms with Crippen LogP contribution in [-0.2, 0) is 0 Å². The van der Waals surface area contributed by atoms with E-state index in [2.05, 4.69) is 28.9 Å². The van der Waals surface area contributed by atoms with E-state index in [0.29, 0.717) is 6.04 Å². The van der Waals surface area contributed by atoms with Crippen LogP contribution in [0.2, 0.25) is 0 Å². The van der Waals surface area contributed by atoms with Gasteiger partial charge in [0.15, 0.2) is 0 Å². The summed E-state index contributed by atoms with van der Waals surface area (Å²) in [5.41, 5.74) is 8.05. The summed E-state index contributed by atoms with van der Waals surface area (Å²) >= 11 is 0. The Bertz CT molecular complexity index is 353. The molecule has 0 aliphatic heterocycles. The molecule has 1 aliphatic carbocycles. The Kier molecular flexibility index (Phi) is 4.59. The molecule has 1 aromatic heterocycles. The number of nitrogens with zero attached hydrogens (tertiary/aromatic N) is 2. The van der Waals surface area contributed by atoms with E-state index in [1.54, 1.807) is 0 Å². The van der Waals surface area contributed by atoms with Gasteiger partial charge in [-0.05, 0) is 38.8 Å². The van der Waals surface area contributed by atoms with Crippen LogP contribution in [0.3, 0.4) is 0 Å². The van der Waals surface area contributed by atoms with E-state index in [1.165, 1.54) is 37.8 Å². The summed E-state index contributed by atoms with van der Waals surface area (Å²) in [7, 11) is 0. The molecular weight excluding hydrogens is 222 g/mol. The number of rotatable bonds is 4. The molecule has 1 heterocycles. The second kappa shape index (κ2) is 6.19. The molecule has 0 bridgehead atoms. The number of hydrogen-bond acceptors (Lipinski definition) is 3. The molecule has 0 spiro atoms. The van der Waals surface area contributed by atoms with Crippen molar-refractivity contribution < 1.29 is 0 Å². The lowest BCUT2D eigenvalue weighted by atomic mass is 9.94. The lowest BCUT2D eigenvalue weighted by molar-refractivity contribution is 0.418. The van der Waals surface area contributed by atoms with Crippen molar-refractivity contribution in [3.05, 3.63) is 24.0 Å². The fourth-order valence-electron chi connectivity index (χ4n) is 2.88. The molecule has 2 N–H and O–H groups in total. The van der Waals surface area contributed by atoms with Crippen molar-refractivity contribution in [2.24, 2.45) is 5.73 Å². The molecule has 3 nitrogen and oxygen atoms in total. The number of hydrogen-bond donors (Lipinski definition) is 1. The molecule has 0 unspecified atom stereocenters. The third-order valence-corrected chi connectivity index (χ3v) is 3.93. The van der Waals surface area contributed by atoms with E-state index in [0.717, 1.165) is 12.2 Å². The number of nitrogens with two attached hydrogens (primary N) is 1. The van der Waals surface area contributed by atoms with E-state index in [4.69, 9.17) is 5.73 Å². The molecule has 2 rings (SSSR count). The second-order valence-corrected chi connectivity index (χ2v) is 5.31. The summed E-state index contributed by atoms with van der Waals surface area (Å²) < 4.78 is 0. The van der Waals surface area contributed by atoms with Crippen LogP contribution in [0, 0.1) is 0 Å². The van der Waals surface area contributed by atoms with Crippen molar-refractivity contribution in [2.75, 3.05) is 11.4 Å². The van der Waals surface area contributed by atoms with Crippen molar-refractivity contribution >= 4 is 5.69 Å². The lowest BCUT2D eigenvalue weighted by Crippen LogP contribution is -2.36. The molecule has 1 aliphatic rings. The number of pyridine rings is 1. The molecule has 0 aromatic carbocycles. The second-order valence-electron chi connectivity index (χ2n) is 5.31. The lowest BCUT2D eigenvalue weighted by Gasteiger charge is -2.35. The Morgan fingerprint density at radius 1 is 1.33 bits per heavy atom. The van der Waals surface area contributed by atoms with Gasteiger partial charge in [0.1, 0.15) is 0 Å². The number of anilines is 1. The van der Waals surface area contributed by atoms with Crippen molar-refractivity contribution in [1.82, 2.24) is 4.98 Å².